The normalized spacial score (nSPS) is 22.0. The molecule has 4 rings (SSSR count). The van der Waals surface area contributed by atoms with Crippen molar-refractivity contribution in [2.45, 2.75) is 19.1 Å². The molecule has 166 valence electrons. The minimum Gasteiger partial charge on any atom is -0.363 e. The number of nitrogens with one attached hydrogen (secondary N) is 2. The molecule has 1 aromatic heterocycles. The van der Waals surface area contributed by atoms with Gasteiger partial charge in [0.15, 0.2) is 5.82 Å². The second-order valence-corrected chi connectivity index (χ2v) is 8.50. The molecule has 12 heteroatoms. The zero-order valence-electron chi connectivity index (χ0n) is 17.2. The third kappa shape index (κ3) is 4.56. The van der Waals surface area contributed by atoms with Crippen LogP contribution in [0, 0.1) is 10.1 Å². The average molecular weight is 494 g/mol. The summed E-state index contributed by atoms with van der Waals surface area (Å²) < 4.78 is 7.26. The first-order valence-corrected chi connectivity index (χ1v) is 10.7. The average Bonchev–Trinajstić information content (AvgIpc) is 3.26. The number of benzene rings is 1. The lowest BCUT2D eigenvalue weighted by molar-refractivity contribution is -0.384. The lowest BCUT2D eigenvalue weighted by atomic mass is 10.1. The predicted octanol–water partition coefficient (Wildman–Crippen LogP) is 1.61. The number of rotatable bonds is 5. The van der Waals surface area contributed by atoms with Crippen molar-refractivity contribution in [1.82, 2.24) is 19.8 Å². The van der Waals surface area contributed by atoms with Crippen molar-refractivity contribution < 1.29 is 9.66 Å². The van der Waals surface area contributed by atoms with Gasteiger partial charge in [0.1, 0.15) is 10.3 Å². The molecular formula is C19H24BrN7O4. The van der Waals surface area contributed by atoms with Crippen molar-refractivity contribution in [2.75, 3.05) is 43.2 Å². The summed E-state index contributed by atoms with van der Waals surface area (Å²) in [6, 6.07) is 5.00. The highest BCUT2D eigenvalue weighted by Crippen LogP contribution is 2.34. The second kappa shape index (κ2) is 8.91. The minimum absolute atomic E-state index is 0.0144. The Kier molecular flexibility index (Phi) is 6.23. The van der Waals surface area contributed by atoms with Gasteiger partial charge in [-0.2, -0.15) is 0 Å². The Labute approximate surface area is 187 Å². The van der Waals surface area contributed by atoms with Crippen LogP contribution in [-0.2, 0) is 11.8 Å². The van der Waals surface area contributed by atoms with Gasteiger partial charge in [0.25, 0.3) is 11.2 Å². The van der Waals surface area contributed by atoms with Gasteiger partial charge >= 0.3 is 0 Å². The Bertz CT molecular complexity index is 1040. The zero-order valence-corrected chi connectivity index (χ0v) is 18.8. The number of aromatic nitrogens is 2. The van der Waals surface area contributed by atoms with Crippen LogP contribution in [0.2, 0.25) is 0 Å². The number of piperazine rings is 1. The van der Waals surface area contributed by atoms with E-state index in [0.29, 0.717) is 35.9 Å². The first-order valence-electron chi connectivity index (χ1n) is 9.94. The van der Waals surface area contributed by atoms with Gasteiger partial charge in [0, 0.05) is 50.7 Å². The number of hydrogen-bond acceptors (Lipinski definition) is 9. The van der Waals surface area contributed by atoms with Crippen molar-refractivity contribution >= 4 is 38.8 Å². The Balaban J connectivity index is 1.57. The maximum absolute atomic E-state index is 12.3. The topological polar surface area (TPSA) is 118 Å². The fourth-order valence-electron chi connectivity index (χ4n) is 4.02. The molecular weight excluding hydrogens is 470 g/mol. The van der Waals surface area contributed by atoms with Gasteiger partial charge in [-0.25, -0.2) is 4.98 Å². The first kappa shape index (κ1) is 21.7. The van der Waals surface area contributed by atoms with Gasteiger partial charge in [-0.3, -0.25) is 25.1 Å². The van der Waals surface area contributed by atoms with Crippen LogP contribution in [-0.4, -0.2) is 64.6 Å². The van der Waals surface area contributed by atoms with Gasteiger partial charge in [-0.05, 0) is 35.0 Å². The number of halogens is 1. The molecule has 1 unspecified atom stereocenters. The summed E-state index contributed by atoms with van der Waals surface area (Å²) in [7, 11) is 1.61. The lowest BCUT2D eigenvalue weighted by Crippen LogP contribution is -2.57. The molecule has 2 aliphatic rings. The van der Waals surface area contributed by atoms with Crippen molar-refractivity contribution in [2.24, 2.45) is 7.05 Å². The van der Waals surface area contributed by atoms with Crippen LogP contribution in [0.3, 0.4) is 0 Å². The third-order valence-electron chi connectivity index (χ3n) is 5.58. The molecule has 2 aliphatic heterocycles. The van der Waals surface area contributed by atoms with Crippen molar-refractivity contribution in [3.05, 3.63) is 49.5 Å². The number of nitro benzene ring substituents is 1. The second-order valence-electron chi connectivity index (χ2n) is 7.69. The van der Waals surface area contributed by atoms with Crippen LogP contribution in [0.1, 0.15) is 6.92 Å². The monoisotopic (exact) mass is 493 g/mol. The summed E-state index contributed by atoms with van der Waals surface area (Å²) in [5.41, 5.74) is 0.647. The molecule has 3 heterocycles. The van der Waals surface area contributed by atoms with Crippen molar-refractivity contribution in [3.63, 3.8) is 0 Å². The Morgan fingerprint density at radius 3 is 2.87 bits per heavy atom. The Morgan fingerprint density at radius 1 is 1.39 bits per heavy atom. The van der Waals surface area contributed by atoms with E-state index in [0.717, 1.165) is 13.1 Å². The highest BCUT2D eigenvalue weighted by molar-refractivity contribution is 9.10. The Morgan fingerprint density at radius 2 is 2.19 bits per heavy atom. The van der Waals surface area contributed by atoms with Gasteiger partial charge in [0.05, 0.1) is 24.4 Å². The summed E-state index contributed by atoms with van der Waals surface area (Å²) in [4.78, 5) is 32.3. The number of nitro groups is 1. The van der Waals surface area contributed by atoms with Gasteiger partial charge in [0.2, 0.25) is 0 Å². The highest BCUT2D eigenvalue weighted by atomic mass is 79.9. The van der Waals surface area contributed by atoms with Crippen molar-refractivity contribution in [3.8, 4) is 0 Å². The molecule has 2 aromatic rings. The van der Waals surface area contributed by atoms with E-state index in [-0.39, 0.29) is 29.3 Å². The summed E-state index contributed by atoms with van der Waals surface area (Å²) in [5, 5.41) is 18.1. The van der Waals surface area contributed by atoms with Crippen LogP contribution in [0.25, 0.3) is 0 Å². The smallest absolute Gasteiger partial charge is 0.294 e. The van der Waals surface area contributed by atoms with E-state index >= 15 is 0 Å². The number of anilines is 3. The number of hydrogen-bond donors (Lipinski definition) is 2. The minimum atomic E-state index is -0.390. The summed E-state index contributed by atoms with van der Waals surface area (Å²) in [6.07, 6.45) is 1.74. The molecule has 31 heavy (non-hydrogen) atoms. The van der Waals surface area contributed by atoms with Gasteiger partial charge < -0.3 is 19.5 Å². The maximum Gasteiger partial charge on any atom is 0.294 e. The highest BCUT2D eigenvalue weighted by Gasteiger charge is 2.33. The molecule has 0 bridgehead atoms. The molecule has 0 amide bonds. The third-order valence-corrected chi connectivity index (χ3v) is 5.96. The largest absolute Gasteiger partial charge is 0.363 e. The quantitative estimate of drug-likeness (QED) is 0.472. The Hall–Kier alpha value is -2.54. The number of aryl methyl sites for hydroxylation is 1. The molecule has 0 spiro atoms. The van der Waals surface area contributed by atoms with Crippen LogP contribution in [0.15, 0.2) is 33.8 Å². The summed E-state index contributed by atoms with van der Waals surface area (Å²) in [6.45, 7) is 5.48. The van der Waals surface area contributed by atoms with Gasteiger partial charge in [-0.1, -0.05) is 0 Å². The van der Waals surface area contributed by atoms with Crippen LogP contribution < -0.4 is 21.1 Å². The van der Waals surface area contributed by atoms with Gasteiger partial charge in [-0.15, -0.1) is 0 Å². The first-order chi connectivity index (χ1) is 14.8. The molecule has 2 N–H and O–H groups in total. The molecule has 11 nitrogen and oxygen atoms in total. The molecule has 1 aromatic carbocycles. The molecule has 2 saturated heterocycles. The van der Waals surface area contributed by atoms with Crippen LogP contribution in [0.5, 0.6) is 0 Å². The van der Waals surface area contributed by atoms with E-state index in [1.54, 1.807) is 25.4 Å². The predicted molar refractivity (Wildman–Crippen MR) is 120 cm³/mol. The maximum atomic E-state index is 12.3. The van der Waals surface area contributed by atoms with E-state index in [1.807, 2.05) is 0 Å². The van der Waals surface area contributed by atoms with Crippen LogP contribution >= 0.6 is 15.9 Å². The van der Waals surface area contributed by atoms with Crippen LogP contribution in [0.4, 0.5) is 22.9 Å². The zero-order chi connectivity index (χ0) is 22.1. The fraction of sp³-hybridized carbons (Fsp3) is 0.474. The van der Waals surface area contributed by atoms with Crippen molar-refractivity contribution in [1.29, 1.82) is 0 Å². The molecule has 0 saturated carbocycles. The summed E-state index contributed by atoms with van der Waals surface area (Å²) >= 11 is 3.26. The molecule has 0 radical (unpaired) electrons. The fourth-order valence-corrected chi connectivity index (χ4v) is 4.51. The van der Waals surface area contributed by atoms with E-state index < -0.39 is 4.92 Å². The molecule has 2 fully saturated rings. The number of ether oxygens (including phenoxy) is 1. The molecule has 0 aliphatic carbocycles. The standard InChI is InChI=1S/C19H24BrN7O4/c1-12-8-25(17-10-31-11-21-17)5-6-26(12)14-4-3-13(7-15(14)27(29)30)22-18-19(28)24(2)9-16(20)23-18/h3-4,7,9,12,17,21H,5-6,8,10-11H2,1-2H3,(H,22,23)/t12-,17?/m0/s1. The van der Waals surface area contributed by atoms with E-state index in [2.05, 4.69) is 48.3 Å². The number of nitrogens with zero attached hydrogens (tertiary/aromatic N) is 5. The van der Waals surface area contributed by atoms with E-state index in [1.165, 1.54) is 10.6 Å². The molecule has 2 atom stereocenters. The summed E-state index contributed by atoms with van der Waals surface area (Å²) in [5.74, 6) is 0.0900. The van der Waals surface area contributed by atoms with E-state index in [9.17, 15) is 14.9 Å². The lowest BCUT2D eigenvalue weighted by Gasteiger charge is -2.42. The van der Waals surface area contributed by atoms with E-state index in [4.69, 9.17) is 4.74 Å². The SMILES string of the molecule is C[C@H]1CN(C2COCN2)CCN1c1ccc(Nc2nc(Br)cn(C)c2=O)cc1[N+](=O)[O-].